The number of urea groups is 1. The average molecular weight is 416 g/mol. The molecule has 0 bridgehead atoms. The SMILES string of the molecule is O=C(Nc1ccc(Cl)cc1)NC1(C(=O)Nc2ccc3c(c2)OCO3)CCCCC1. The third-order valence-electron chi connectivity index (χ3n) is 5.23. The maximum Gasteiger partial charge on any atom is 0.320 e. The number of hydrogen-bond acceptors (Lipinski definition) is 4. The summed E-state index contributed by atoms with van der Waals surface area (Å²) in [7, 11) is 0. The van der Waals surface area contributed by atoms with E-state index in [0.717, 1.165) is 19.3 Å². The lowest BCUT2D eigenvalue weighted by molar-refractivity contribution is -0.123. The molecule has 2 aromatic rings. The van der Waals surface area contributed by atoms with E-state index in [1.165, 1.54) is 0 Å². The number of rotatable bonds is 4. The molecule has 7 nitrogen and oxygen atoms in total. The van der Waals surface area contributed by atoms with Crippen molar-refractivity contribution in [3.8, 4) is 11.5 Å². The summed E-state index contributed by atoms with van der Waals surface area (Å²) >= 11 is 5.88. The number of halogens is 1. The Hall–Kier alpha value is -2.93. The normalized spacial score (nSPS) is 16.7. The van der Waals surface area contributed by atoms with Crippen LogP contribution in [0.5, 0.6) is 11.5 Å². The van der Waals surface area contributed by atoms with Crippen LogP contribution in [0.1, 0.15) is 32.1 Å². The number of fused-ring (bicyclic) bond motifs is 1. The fourth-order valence-electron chi connectivity index (χ4n) is 3.70. The van der Waals surface area contributed by atoms with E-state index in [9.17, 15) is 9.59 Å². The van der Waals surface area contributed by atoms with E-state index in [1.807, 2.05) is 0 Å². The van der Waals surface area contributed by atoms with E-state index in [-0.39, 0.29) is 12.7 Å². The largest absolute Gasteiger partial charge is 0.454 e. The molecule has 1 heterocycles. The van der Waals surface area contributed by atoms with Crippen LogP contribution in [0.4, 0.5) is 16.2 Å². The van der Waals surface area contributed by atoms with E-state index in [4.69, 9.17) is 21.1 Å². The Morgan fingerprint density at radius 3 is 2.31 bits per heavy atom. The second kappa shape index (κ2) is 8.21. The van der Waals surface area contributed by atoms with Crippen LogP contribution in [-0.2, 0) is 4.79 Å². The topological polar surface area (TPSA) is 88.7 Å². The van der Waals surface area contributed by atoms with Crippen molar-refractivity contribution in [2.75, 3.05) is 17.4 Å². The van der Waals surface area contributed by atoms with Crippen LogP contribution < -0.4 is 25.4 Å². The van der Waals surface area contributed by atoms with Crippen molar-refractivity contribution < 1.29 is 19.1 Å². The first kappa shape index (κ1) is 19.4. The number of hydrogen-bond donors (Lipinski definition) is 3. The van der Waals surface area contributed by atoms with Crippen LogP contribution in [-0.4, -0.2) is 24.3 Å². The molecule has 29 heavy (non-hydrogen) atoms. The molecule has 0 aromatic heterocycles. The molecule has 4 rings (SSSR count). The molecule has 0 atom stereocenters. The summed E-state index contributed by atoms with van der Waals surface area (Å²) in [6.45, 7) is 0.170. The zero-order chi connectivity index (χ0) is 20.3. The van der Waals surface area contributed by atoms with Gasteiger partial charge >= 0.3 is 6.03 Å². The molecule has 0 saturated heterocycles. The zero-order valence-corrected chi connectivity index (χ0v) is 16.6. The van der Waals surface area contributed by atoms with Gasteiger partial charge in [0.25, 0.3) is 0 Å². The lowest BCUT2D eigenvalue weighted by Gasteiger charge is -2.36. The van der Waals surface area contributed by atoms with Gasteiger partial charge in [-0.25, -0.2) is 4.79 Å². The summed E-state index contributed by atoms with van der Waals surface area (Å²) in [5, 5.41) is 9.20. The van der Waals surface area contributed by atoms with Crippen molar-refractivity contribution in [2.24, 2.45) is 0 Å². The van der Waals surface area contributed by atoms with Crippen LogP contribution in [0.2, 0.25) is 5.02 Å². The van der Waals surface area contributed by atoms with Crippen molar-refractivity contribution in [1.29, 1.82) is 0 Å². The highest BCUT2D eigenvalue weighted by atomic mass is 35.5. The summed E-state index contributed by atoms with van der Waals surface area (Å²) in [6.07, 6.45) is 3.94. The minimum absolute atomic E-state index is 0.170. The molecule has 2 aliphatic rings. The third-order valence-corrected chi connectivity index (χ3v) is 5.48. The molecule has 1 aliphatic carbocycles. The molecule has 0 radical (unpaired) electrons. The highest BCUT2D eigenvalue weighted by molar-refractivity contribution is 6.30. The van der Waals surface area contributed by atoms with Crippen LogP contribution in [0.3, 0.4) is 0 Å². The van der Waals surface area contributed by atoms with Crippen LogP contribution in [0, 0.1) is 0 Å². The molecule has 0 spiro atoms. The molecule has 3 N–H and O–H groups in total. The lowest BCUT2D eigenvalue weighted by Crippen LogP contribution is -2.58. The van der Waals surface area contributed by atoms with Crippen LogP contribution in [0.25, 0.3) is 0 Å². The van der Waals surface area contributed by atoms with Crippen LogP contribution >= 0.6 is 11.6 Å². The smallest absolute Gasteiger partial charge is 0.320 e. The van der Waals surface area contributed by atoms with Gasteiger partial charge in [-0.1, -0.05) is 30.9 Å². The number of carbonyl (C=O) groups excluding carboxylic acids is 2. The van der Waals surface area contributed by atoms with Gasteiger partial charge in [0.2, 0.25) is 12.7 Å². The first-order valence-corrected chi connectivity index (χ1v) is 9.98. The van der Waals surface area contributed by atoms with Gasteiger partial charge < -0.3 is 25.4 Å². The number of carbonyl (C=O) groups is 2. The van der Waals surface area contributed by atoms with Crippen molar-refractivity contribution >= 4 is 34.9 Å². The number of anilines is 2. The average Bonchev–Trinajstić information content (AvgIpc) is 3.18. The molecule has 1 aliphatic heterocycles. The van der Waals surface area contributed by atoms with E-state index < -0.39 is 11.6 Å². The quantitative estimate of drug-likeness (QED) is 0.684. The number of benzene rings is 2. The van der Waals surface area contributed by atoms with Crippen molar-refractivity contribution in [3.05, 3.63) is 47.5 Å². The number of ether oxygens (including phenoxy) is 2. The standard InChI is InChI=1S/C21H22ClN3O4/c22-14-4-6-15(7-5-14)24-20(27)25-21(10-2-1-3-11-21)19(26)23-16-8-9-17-18(12-16)29-13-28-17/h4-9,12H,1-3,10-11,13H2,(H,23,26)(H2,24,25,27). The molecular weight excluding hydrogens is 394 g/mol. The first-order chi connectivity index (χ1) is 14.0. The fourth-order valence-corrected chi connectivity index (χ4v) is 3.83. The molecule has 2 aromatic carbocycles. The van der Waals surface area contributed by atoms with E-state index in [2.05, 4.69) is 16.0 Å². The third kappa shape index (κ3) is 4.40. The van der Waals surface area contributed by atoms with E-state index >= 15 is 0 Å². The molecular formula is C21H22ClN3O4. The second-order valence-electron chi connectivity index (χ2n) is 7.25. The molecule has 1 saturated carbocycles. The summed E-state index contributed by atoms with van der Waals surface area (Å²) in [5.41, 5.74) is 0.239. The van der Waals surface area contributed by atoms with E-state index in [1.54, 1.807) is 42.5 Å². The summed E-state index contributed by atoms with van der Waals surface area (Å²) in [4.78, 5) is 25.8. The van der Waals surface area contributed by atoms with Gasteiger partial charge in [-0.05, 0) is 49.2 Å². The maximum atomic E-state index is 13.2. The van der Waals surface area contributed by atoms with E-state index in [0.29, 0.717) is 40.7 Å². The minimum atomic E-state index is -0.967. The molecule has 3 amide bonds. The van der Waals surface area contributed by atoms with Gasteiger partial charge in [0.05, 0.1) is 0 Å². The summed E-state index contributed by atoms with van der Waals surface area (Å²) < 4.78 is 10.7. The highest BCUT2D eigenvalue weighted by Gasteiger charge is 2.41. The lowest BCUT2D eigenvalue weighted by atomic mass is 9.81. The minimum Gasteiger partial charge on any atom is -0.454 e. The Labute approximate surface area is 173 Å². The first-order valence-electron chi connectivity index (χ1n) is 9.60. The maximum absolute atomic E-state index is 13.2. The molecule has 0 unspecified atom stereocenters. The van der Waals surface area contributed by atoms with Gasteiger partial charge in [0, 0.05) is 22.5 Å². The highest BCUT2D eigenvalue weighted by Crippen LogP contribution is 2.35. The van der Waals surface area contributed by atoms with Gasteiger partial charge in [-0.3, -0.25) is 4.79 Å². The van der Waals surface area contributed by atoms with Crippen molar-refractivity contribution in [1.82, 2.24) is 5.32 Å². The van der Waals surface area contributed by atoms with Gasteiger partial charge in [0.15, 0.2) is 11.5 Å². The molecule has 8 heteroatoms. The molecule has 152 valence electrons. The Balaban J connectivity index is 1.47. The van der Waals surface area contributed by atoms with Gasteiger partial charge in [-0.2, -0.15) is 0 Å². The van der Waals surface area contributed by atoms with Crippen molar-refractivity contribution in [2.45, 2.75) is 37.6 Å². The predicted octanol–water partition coefficient (Wildman–Crippen LogP) is 4.53. The van der Waals surface area contributed by atoms with Gasteiger partial charge in [0.1, 0.15) is 5.54 Å². The fraction of sp³-hybridized carbons (Fsp3) is 0.333. The number of amides is 3. The van der Waals surface area contributed by atoms with Crippen molar-refractivity contribution in [3.63, 3.8) is 0 Å². The predicted molar refractivity (Wildman–Crippen MR) is 111 cm³/mol. The van der Waals surface area contributed by atoms with Gasteiger partial charge in [-0.15, -0.1) is 0 Å². The summed E-state index contributed by atoms with van der Waals surface area (Å²) in [6, 6.07) is 11.6. The summed E-state index contributed by atoms with van der Waals surface area (Å²) in [5.74, 6) is 1.01. The number of nitrogens with one attached hydrogen (secondary N) is 3. The van der Waals surface area contributed by atoms with Crippen LogP contribution in [0.15, 0.2) is 42.5 Å². The molecule has 1 fully saturated rings. The zero-order valence-electron chi connectivity index (χ0n) is 15.8. The Bertz CT molecular complexity index is 911. The second-order valence-corrected chi connectivity index (χ2v) is 7.69. The Morgan fingerprint density at radius 2 is 1.55 bits per heavy atom. The Morgan fingerprint density at radius 1 is 0.862 bits per heavy atom. The Kier molecular flexibility index (Phi) is 5.49. The monoisotopic (exact) mass is 415 g/mol.